The number of hydrogen-bond acceptors (Lipinski definition) is 4. The van der Waals surface area contributed by atoms with Gasteiger partial charge in [-0.05, 0) is 11.6 Å². The second-order valence-corrected chi connectivity index (χ2v) is 5.37. The normalized spacial score (nSPS) is 10.6. The topological polar surface area (TPSA) is 56.0 Å². The van der Waals surface area contributed by atoms with Crippen LogP contribution in [0.15, 0.2) is 23.6 Å². The molecule has 0 saturated carbocycles. The lowest BCUT2D eigenvalue weighted by molar-refractivity contribution is 0.0988. The van der Waals surface area contributed by atoms with Crippen molar-refractivity contribution < 1.29 is 4.79 Å². The first-order chi connectivity index (χ1) is 8.61. The fourth-order valence-corrected chi connectivity index (χ4v) is 2.55. The van der Waals surface area contributed by atoms with E-state index in [1.165, 1.54) is 11.3 Å². The van der Waals surface area contributed by atoms with Gasteiger partial charge in [0.05, 0.1) is 10.0 Å². The van der Waals surface area contributed by atoms with E-state index in [9.17, 15) is 4.79 Å². The minimum absolute atomic E-state index is 0.0879. The van der Waals surface area contributed by atoms with Crippen molar-refractivity contribution in [2.75, 3.05) is 0 Å². The summed E-state index contributed by atoms with van der Waals surface area (Å²) < 4.78 is 0. The quantitative estimate of drug-likeness (QED) is 0.881. The largest absolute Gasteiger partial charge is 0.325 e. The molecule has 0 aliphatic carbocycles. The monoisotopic (exact) mass is 300 g/mol. The molecule has 94 valence electrons. The van der Waals surface area contributed by atoms with E-state index >= 15 is 0 Å². The van der Waals surface area contributed by atoms with E-state index in [4.69, 9.17) is 28.9 Å². The molecule has 2 rings (SSSR count). The Morgan fingerprint density at radius 2 is 2.17 bits per heavy atom. The maximum atomic E-state index is 12.0. The van der Waals surface area contributed by atoms with Crippen LogP contribution >= 0.6 is 34.5 Å². The summed E-state index contributed by atoms with van der Waals surface area (Å²) in [6.45, 7) is 0.343. The zero-order valence-electron chi connectivity index (χ0n) is 9.32. The molecule has 18 heavy (non-hydrogen) atoms. The average Bonchev–Trinajstić information content (AvgIpc) is 2.83. The highest BCUT2D eigenvalue weighted by molar-refractivity contribution is 7.09. The van der Waals surface area contributed by atoms with E-state index in [1.807, 2.05) is 0 Å². The minimum atomic E-state index is -0.0879. The van der Waals surface area contributed by atoms with Crippen molar-refractivity contribution in [2.24, 2.45) is 5.73 Å². The number of carbonyl (C=O) groups excluding carboxylic acids is 1. The summed E-state index contributed by atoms with van der Waals surface area (Å²) in [5, 5.41) is 3.32. The predicted octanol–water partition coefficient (Wildman–Crippen LogP) is 3.33. The van der Waals surface area contributed by atoms with Crippen LogP contribution in [-0.4, -0.2) is 10.8 Å². The van der Waals surface area contributed by atoms with Gasteiger partial charge >= 0.3 is 0 Å². The molecule has 0 saturated heterocycles. The Morgan fingerprint density at radius 1 is 1.39 bits per heavy atom. The summed E-state index contributed by atoms with van der Waals surface area (Å²) >= 11 is 13.3. The van der Waals surface area contributed by atoms with Crippen molar-refractivity contribution >= 4 is 40.3 Å². The van der Waals surface area contributed by atoms with Crippen LogP contribution in [0.2, 0.25) is 10.0 Å². The fraction of sp³-hybridized carbons (Fsp3) is 0.167. The van der Waals surface area contributed by atoms with Crippen molar-refractivity contribution in [2.45, 2.75) is 13.0 Å². The number of rotatable bonds is 4. The molecule has 0 amide bonds. The Morgan fingerprint density at radius 3 is 2.83 bits per heavy atom. The molecule has 0 fully saturated rings. The number of benzene rings is 1. The number of nitrogens with two attached hydrogens (primary N) is 1. The summed E-state index contributed by atoms with van der Waals surface area (Å²) in [6.07, 6.45) is 0.188. The second kappa shape index (κ2) is 5.80. The lowest BCUT2D eigenvalue weighted by atomic mass is 10.1. The molecule has 2 N–H and O–H groups in total. The van der Waals surface area contributed by atoms with Crippen molar-refractivity contribution in [3.05, 3.63) is 49.9 Å². The number of ketones is 1. The number of Topliss-reactive ketones (excluding diaryl/α,β-unsaturated/α-hetero) is 1. The summed E-state index contributed by atoms with van der Waals surface area (Å²) in [4.78, 5) is 16.2. The Labute approximate surface area is 119 Å². The van der Waals surface area contributed by atoms with Gasteiger partial charge in [0.15, 0.2) is 5.78 Å². The molecule has 0 spiro atoms. The molecule has 0 bridgehead atoms. The molecular formula is C12H10Cl2N2OS. The van der Waals surface area contributed by atoms with E-state index in [1.54, 1.807) is 23.6 Å². The third kappa shape index (κ3) is 2.90. The Bertz CT molecular complexity index is 583. The molecule has 1 aromatic carbocycles. The number of hydrogen-bond donors (Lipinski definition) is 1. The molecule has 0 radical (unpaired) electrons. The third-order valence-electron chi connectivity index (χ3n) is 2.39. The van der Waals surface area contributed by atoms with Gasteiger partial charge in [-0.25, -0.2) is 4.98 Å². The van der Waals surface area contributed by atoms with Crippen molar-refractivity contribution in [3.8, 4) is 0 Å². The fourth-order valence-electron chi connectivity index (χ4n) is 1.48. The van der Waals surface area contributed by atoms with Gasteiger partial charge in [-0.15, -0.1) is 11.3 Å². The average molecular weight is 301 g/mol. The summed E-state index contributed by atoms with van der Waals surface area (Å²) in [7, 11) is 0. The first kappa shape index (κ1) is 13.5. The highest BCUT2D eigenvalue weighted by atomic mass is 35.5. The van der Waals surface area contributed by atoms with Crippen LogP contribution in [0, 0.1) is 0 Å². The van der Waals surface area contributed by atoms with Crippen LogP contribution in [0.5, 0.6) is 0 Å². The lowest BCUT2D eigenvalue weighted by Gasteiger charge is -2.03. The maximum Gasteiger partial charge on any atom is 0.186 e. The van der Waals surface area contributed by atoms with Crippen LogP contribution < -0.4 is 5.73 Å². The molecular weight excluding hydrogens is 291 g/mol. The number of thiazole rings is 1. The molecule has 0 aliphatic heterocycles. The van der Waals surface area contributed by atoms with E-state index < -0.39 is 0 Å². The Hall–Kier alpha value is -0.940. The van der Waals surface area contributed by atoms with Gasteiger partial charge in [0.1, 0.15) is 10.7 Å². The van der Waals surface area contributed by atoms with E-state index in [2.05, 4.69) is 4.98 Å². The highest BCUT2D eigenvalue weighted by Gasteiger charge is 2.14. The van der Waals surface area contributed by atoms with Crippen molar-refractivity contribution in [1.29, 1.82) is 0 Å². The van der Waals surface area contributed by atoms with Crippen LogP contribution in [0.4, 0.5) is 0 Å². The van der Waals surface area contributed by atoms with Gasteiger partial charge in [0, 0.05) is 18.3 Å². The molecule has 2 aromatic rings. The zero-order chi connectivity index (χ0) is 13.1. The second-order valence-electron chi connectivity index (χ2n) is 3.64. The van der Waals surface area contributed by atoms with E-state index in [0.29, 0.717) is 27.8 Å². The standard InChI is InChI=1S/C12H10Cl2N2OS/c13-8-3-1-2-7(12(8)14)4-10(17)9-6-18-11(5-15)16-9/h1-3,6H,4-5,15H2. The molecule has 1 heterocycles. The maximum absolute atomic E-state index is 12.0. The minimum Gasteiger partial charge on any atom is -0.325 e. The number of aromatic nitrogens is 1. The predicted molar refractivity (Wildman–Crippen MR) is 74.5 cm³/mol. The molecule has 0 atom stereocenters. The van der Waals surface area contributed by atoms with Gasteiger partial charge in [0.25, 0.3) is 0 Å². The number of nitrogens with zero attached hydrogens (tertiary/aromatic N) is 1. The summed E-state index contributed by atoms with van der Waals surface area (Å²) in [5.41, 5.74) is 6.59. The Balaban J connectivity index is 2.18. The molecule has 0 unspecified atom stereocenters. The van der Waals surface area contributed by atoms with Crippen LogP contribution in [0.1, 0.15) is 21.1 Å². The highest BCUT2D eigenvalue weighted by Crippen LogP contribution is 2.26. The SMILES string of the molecule is NCc1nc(C(=O)Cc2cccc(Cl)c2Cl)cs1. The van der Waals surface area contributed by atoms with Crippen LogP contribution in [0.3, 0.4) is 0 Å². The molecule has 6 heteroatoms. The molecule has 0 aliphatic rings. The van der Waals surface area contributed by atoms with Gasteiger partial charge in [-0.2, -0.15) is 0 Å². The van der Waals surface area contributed by atoms with Crippen LogP contribution in [-0.2, 0) is 13.0 Å². The number of halogens is 2. The van der Waals surface area contributed by atoms with E-state index in [0.717, 1.165) is 5.01 Å². The van der Waals surface area contributed by atoms with E-state index in [-0.39, 0.29) is 12.2 Å². The first-order valence-electron chi connectivity index (χ1n) is 5.22. The van der Waals surface area contributed by atoms with Gasteiger partial charge < -0.3 is 5.73 Å². The van der Waals surface area contributed by atoms with Crippen LogP contribution in [0.25, 0.3) is 0 Å². The number of carbonyl (C=O) groups is 1. The van der Waals surface area contributed by atoms with Gasteiger partial charge in [0.2, 0.25) is 0 Å². The Kier molecular flexibility index (Phi) is 4.35. The molecule has 1 aromatic heterocycles. The van der Waals surface area contributed by atoms with Gasteiger partial charge in [-0.3, -0.25) is 4.79 Å². The third-order valence-corrected chi connectivity index (χ3v) is 4.12. The van der Waals surface area contributed by atoms with Crippen molar-refractivity contribution in [1.82, 2.24) is 4.98 Å². The van der Waals surface area contributed by atoms with Crippen molar-refractivity contribution in [3.63, 3.8) is 0 Å². The zero-order valence-corrected chi connectivity index (χ0v) is 11.6. The molecule has 3 nitrogen and oxygen atoms in total. The first-order valence-corrected chi connectivity index (χ1v) is 6.86. The summed E-state index contributed by atoms with van der Waals surface area (Å²) in [5.74, 6) is -0.0879. The summed E-state index contributed by atoms with van der Waals surface area (Å²) in [6, 6.07) is 5.23. The lowest BCUT2D eigenvalue weighted by Crippen LogP contribution is -2.05. The smallest absolute Gasteiger partial charge is 0.186 e. The van der Waals surface area contributed by atoms with Gasteiger partial charge in [-0.1, -0.05) is 35.3 Å².